The SMILES string of the molecule is OC(NC1CCCCC1)N1CCc2ccc(F)cc21. The van der Waals surface area contributed by atoms with Crippen LogP contribution in [0.2, 0.25) is 0 Å². The fourth-order valence-corrected chi connectivity index (χ4v) is 3.20. The first-order valence-corrected chi connectivity index (χ1v) is 7.23. The topological polar surface area (TPSA) is 35.5 Å². The summed E-state index contributed by atoms with van der Waals surface area (Å²) >= 11 is 0. The Bertz CT molecular complexity index is 446. The highest BCUT2D eigenvalue weighted by atomic mass is 19.1. The second kappa shape index (κ2) is 5.47. The lowest BCUT2D eigenvalue weighted by Gasteiger charge is -2.32. The van der Waals surface area contributed by atoms with Crippen LogP contribution in [0.4, 0.5) is 10.1 Å². The van der Waals surface area contributed by atoms with E-state index < -0.39 is 6.35 Å². The molecule has 1 fully saturated rings. The van der Waals surface area contributed by atoms with Gasteiger partial charge in [0, 0.05) is 18.3 Å². The van der Waals surface area contributed by atoms with Gasteiger partial charge in [-0.1, -0.05) is 25.3 Å². The summed E-state index contributed by atoms with van der Waals surface area (Å²) < 4.78 is 13.3. The molecule has 3 nitrogen and oxygen atoms in total. The molecule has 1 aliphatic heterocycles. The molecule has 1 unspecified atom stereocenters. The Balaban J connectivity index is 1.68. The first-order chi connectivity index (χ1) is 9.24. The Kier molecular flexibility index (Phi) is 3.71. The van der Waals surface area contributed by atoms with E-state index in [9.17, 15) is 9.50 Å². The van der Waals surface area contributed by atoms with Crippen LogP contribution in [0.1, 0.15) is 37.7 Å². The Hall–Kier alpha value is -1.13. The van der Waals surface area contributed by atoms with E-state index in [2.05, 4.69) is 5.32 Å². The summed E-state index contributed by atoms with van der Waals surface area (Å²) in [4.78, 5) is 1.87. The summed E-state index contributed by atoms with van der Waals surface area (Å²) in [6.45, 7) is 0.750. The molecule has 1 aromatic carbocycles. The van der Waals surface area contributed by atoms with Crippen molar-refractivity contribution in [3.63, 3.8) is 0 Å². The first kappa shape index (κ1) is 12.9. The molecule has 0 spiro atoms. The molecule has 0 bridgehead atoms. The van der Waals surface area contributed by atoms with E-state index in [0.29, 0.717) is 6.04 Å². The highest BCUT2D eigenvalue weighted by Gasteiger charge is 2.27. The van der Waals surface area contributed by atoms with Crippen molar-refractivity contribution in [2.24, 2.45) is 0 Å². The highest BCUT2D eigenvalue weighted by Crippen LogP contribution is 2.30. The van der Waals surface area contributed by atoms with Crippen LogP contribution in [0, 0.1) is 5.82 Å². The van der Waals surface area contributed by atoms with Crippen LogP contribution >= 0.6 is 0 Å². The summed E-state index contributed by atoms with van der Waals surface area (Å²) in [5, 5.41) is 13.6. The zero-order chi connectivity index (χ0) is 13.2. The smallest absolute Gasteiger partial charge is 0.184 e. The maximum absolute atomic E-state index is 13.3. The average molecular weight is 264 g/mol. The summed E-state index contributed by atoms with van der Waals surface area (Å²) in [5.41, 5.74) is 1.95. The lowest BCUT2D eigenvalue weighted by Crippen LogP contribution is -2.49. The molecule has 2 aliphatic rings. The first-order valence-electron chi connectivity index (χ1n) is 7.23. The van der Waals surface area contributed by atoms with Crippen LogP contribution in [0.15, 0.2) is 18.2 Å². The van der Waals surface area contributed by atoms with Crippen molar-refractivity contribution in [2.45, 2.75) is 50.9 Å². The Morgan fingerprint density at radius 2 is 2.05 bits per heavy atom. The second-order valence-corrected chi connectivity index (χ2v) is 5.59. The van der Waals surface area contributed by atoms with Crippen LogP contribution < -0.4 is 10.2 Å². The minimum Gasteiger partial charge on any atom is -0.361 e. The van der Waals surface area contributed by atoms with Gasteiger partial charge in [-0.3, -0.25) is 5.32 Å². The summed E-state index contributed by atoms with van der Waals surface area (Å²) in [6, 6.07) is 5.22. The Morgan fingerprint density at radius 3 is 2.84 bits per heavy atom. The fraction of sp³-hybridized carbons (Fsp3) is 0.600. The van der Waals surface area contributed by atoms with Crippen molar-refractivity contribution in [3.05, 3.63) is 29.6 Å². The molecule has 19 heavy (non-hydrogen) atoms. The Morgan fingerprint density at radius 1 is 1.26 bits per heavy atom. The predicted octanol–water partition coefficient (Wildman–Crippen LogP) is 2.39. The quantitative estimate of drug-likeness (QED) is 0.823. The largest absolute Gasteiger partial charge is 0.361 e. The van der Waals surface area contributed by atoms with Gasteiger partial charge in [0.25, 0.3) is 0 Å². The average Bonchev–Trinajstić information content (AvgIpc) is 2.82. The third-order valence-corrected chi connectivity index (χ3v) is 4.26. The van der Waals surface area contributed by atoms with Gasteiger partial charge < -0.3 is 10.0 Å². The maximum atomic E-state index is 13.3. The minimum atomic E-state index is -0.703. The van der Waals surface area contributed by atoms with E-state index in [4.69, 9.17) is 0 Å². The predicted molar refractivity (Wildman–Crippen MR) is 73.5 cm³/mol. The van der Waals surface area contributed by atoms with Crippen LogP contribution in [-0.4, -0.2) is 24.0 Å². The van der Waals surface area contributed by atoms with E-state index in [-0.39, 0.29) is 5.82 Å². The number of aliphatic hydroxyl groups excluding tert-OH is 1. The van der Waals surface area contributed by atoms with Gasteiger partial charge in [0.2, 0.25) is 0 Å². The summed E-state index contributed by atoms with van der Waals surface area (Å²) in [7, 11) is 0. The van der Waals surface area contributed by atoms with Crippen molar-refractivity contribution >= 4 is 5.69 Å². The van der Waals surface area contributed by atoms with Gasteiger partial charge >= 0.3 is 0 Å². The number of rotatable bonds is 3. The number of aliphatic hydroxyl groups is 1. The van der Waals surface area contributed by atoms with E-state index in [1.807, 2.05) is 11.0 Å². The van der Waals surface area contributed by atoms with Gasteiger partial charge in [-0.15, -0.1) is 0 Å². The van der Waals surface area contributed by atoms with Gasteiger partial charge in [0.05, 0.1) is 0 Å². The monoisotopic (exact) mass is 264 g/mol. The number of anilines is 1. The van der Waals surface area contributed by atoms with Crippen LogP contribution in [0.5, 0.6) is 0 Å². The van der Waals surface area contributed by atoms with E-state index in [1.54, 1.807) is 0 Å². The van der Waals surface area contributed by atoms with Gasteiger partial charge in [0.15, 0.2) is 6.35 Å². The molecular formula is C15H21FN2O. The highest BCUT2D eigenvalue weighted by molar-refractivity contribution is 5.58. The van der Waals surface area contributed by atoms with E-state index >= 15 is 0 Å². The number of fused-ring (bicyclic) bond motifs is 1. The van der Waals surface area contributed by atoms with Gasteiger partial charge in [-0.2, -0.15) is 0 Å². The van der Waals surface area contributed by atoms with Crippen molar-refractivity contribution in [2.75, 3.05) is 11.4 Å². The van der Waals surface area contributed by atoms with Gasteiger partial charge in [-0.05, 0) is 37.0 Å². The Labute approximate surface area is 113 Å². The van der Waals surface area contributed by atoms with Crippen molar-refractivity contribution in [1.82, 2.24) is 5.32 Å². The minimum absolute atomic E-state index is 0.240. The zero-order valence-electron chi connectivity index (χ0n) is 11.1. The van der Waals surface area contributed by atoms with Gasteiger partial charge in [-0.25, -0.2) is 4.39 Å². The molecule has 0 saturated heterocycles. The van der Waals surface area contributed by atoms with E-state index in [1.165, 1.54) is 31.4 Å². The van der Waals surface area contributed by atoms with Crippen molar-refractivity contribution < 1.29 is 9.50 Å². The molecular weight excluding hydrogens is 243 g/mol. The summed E-state index contributed by atoms with van der Waals surface area (Å²) in [6.07, 6.45) is 6.18. The van der Waals surface area contributed by atoms with Crippen LogP contribution in [0.3, 0.4) is 0 Å². The maximum Gasteiger partial charge on any atom is 0.184 e. The number of hydrogen-bond donors (Lipinski definition) is 2. The van der Waals surface area contributed by atoms with Crippen molar-refractivity contribution in [1.29, 1.82) is 0 Å². The summed E-state index contributed by atoms with van der Waals surface area (Å²) in [5.74, 6) is -0.240. The second-order valence-electron chi connectivity index (χ2n) is 5.59. The molecule has 1 atom stereocenters. The molecule has 1 aromatic rings. The van der Waals surface area contributed by atoms with Crippen LogP contribution in [-0.2, 0) is 6.42 Å². The van der Waals surface area contributed by atoms with Gasteiger partial charge in [0.1, 0.15) is 5.82 Å². The standard InChI is InChI=1S/C15H21FN2O/c16-12-7-6-11-8-9-18(14(11)10-12)15(19)17-13-4-2-1-3-5-13/h6-7,10,13,15,17,19H,1-5,8-9H2. The fourth-order valence-electron chi connectivity index (χ4n) is 3.20. The molecule has 0 radical (unpaired) electrons. The molecule has 1 saturated carbocycles. The molecule has 3 rings (SSSR count). The molecule has 104 valence electrons. The number of hydrogen-bond acceptors (Lipinski definition) is 3. The third-order valence-electron chi connectivity index (χ3n) is 4.26. The van der Waals surface area contributed by atoms with E-state index in [0.717, 1.165) is 37.1 Å². The lowest BCUT2D eigenvalue weighted by atomic mass is 9.96. The molecule has 2 N–H and O–H groups in total. The zero-order valence-corrected chi connectivity index (χ0v) is 11.1. The lowest BCUT2D eigenvalue weighted by molar-refractivity contribution is 0.110. The molecule has 0 aromatic heterocycles. The molecule has 1 heterocycles. The normalized spacial score (nSPS) is 21.5. The number of nitrogens with zero attached hydrogens (tertiary/aromatic N) is 1. The van der Waals surface area contributed by atoms with Crippen molar-refractivity contribution in [3.8, 4) is 0 Å². The number of nitrogens with one attached hydrogen (secondary N) is 1. The third kappa shape index (κ3) is 2.74. The number of halogens is 1. The number of benzene rings is 1. The molecule has 0 amide bonds. The molecule has 1 aliphatic carbocycles. The molecule has 4 heteroatoms. The van der Waals surface area contributed by atoms with Crippen LogP contribution in [0.25, 0.3) is 0 Å².